The molecule has 3 N–H and O–H groups in total. The Kier molecular flexibility index (Phi) is 7.22. The van der Waals surface area contributed by atoms with Gasteiger partial charge < -0.3 is 25.3 Å². The number of aryl methyl sites for hydroxylation is 1. The number of likely N-dealkylation sites (tertiary alicyclic amines) is 1. The Hall–Kier alpha value is -2.70. The highest BCUT2D eigenvalue weighted by Gasteiger charge is 2.21. The van der Waals surface area contributed by atoms with Gasteiger partial charge in [-0.15, -0.1) is 0 Å². The van der Waals surface area contributed by atoms with Crippen LogP contribution in [0.2, 0.25) is 5.02 Å². The number of halogens is 1. The maximum Gasteiger partial charge on any atom is 0.255 e. The molecule has 7 heteroatoms. The normalized spacial score (nSPS) is 15.2. The Labute approximate surface area is 194 Å². The number of para-hydroxylation sites is 1. The zero-order valence-electron chi connectivity index (χ0n) is 18.5. The number of piperidine rings is 1. The van der Waals surface area contributed by atoms with Crippen molar-refractivity contribution in [3.63, 3.8) is 0 Å². The third-order valence-corrected chi connectivity index (χ3v) is 6.70. The molecular formula is C25H31ClN4O2. The van der Waals surface area contributed by atoms with Crippen molar-refractivity contribution in [3.8, 4) is 5.75 Å². The van der Waals surface area contributed by atoms with Crippen molar-refractivity contribution in [1.82, 2.24) is 14.8 Å². The Morgan fingerprint density at radius 2 is 1.97 bits per heavy atom. The van der Waals surface area contributed by atoms with Crippen LogP contribution in [-0.4, -0.2) is 48.7 Å². The SMILES string of the molecule is COc1cc(N)c(Cl)cc1C(=O)NCC1CCN(CCCn2ccc3ccccc32)CC1. The number of methoxy groups -OCH3 is 1. The van der Waals surface area contributed by atoms with Crippen LogP contribution in [0, 0.1) is 5.92 Å². The minimum atomic E-state index is -0.176. The number of carbonyl (C=O) groups excluding carboxylic acids is 1. The first-order valence-electron chi connectivity index (χ1n) is 11.2. The first-order valence-corrected chi connectivity index (χ1v) is 11.6. The number of hydrogen-bond donors (Lipinski definition) is 2. The number of nitrogens with zero attached hydrogens (tertiary/aromatic N) is 2. The summed E-state index contributed by atoms with van der Waals surface area (Å²) in [5, 5.41) is 4.70. The van der Waals surface area contributed by atoms with Gasteiger partial charge in [-0.2, -0.15) is 0 Å². The highest BCUT2D eigenvalue weighted by molar-refractivity contribution is 6.33. The zero-order chi connectivity index (χ0) is 22.5. The fourth-order valence-corrected chi connectivity index (χ4v) is 4.63. The summed E-state index contributed by atoms with van der Waals surface area (Å²) in [6, 6.07) is 13.9. The van der Waals surface area contributed by atoms with Crippen LogP contribution in [0.5, 0.6) is 5.75 Å². The smallest absolute Gasteiger partial charge is 0.255 e. The lowest BCUT2D eigenvalue weighted by Crippen LogP contribution is -2.39. The minimum absolute atomic E-state index is 0.176. The molecule has 1 aromatic heterocycles. The Bertz CT molecular complexity index is 1070. The Morgan fingerprint density at radius 1 is 1.19 bits per heavy atom. The monoisotopic (exact) mass is 454 g/mol. The van der Waals surface area contributed by atoms with Gasteiger partial charge in [-0.3, -0.25) is 4.79 Å². The van der Waals surface area contributed by atoms with Crippen LogP contribution in [0.15, 0.2) is 48.7 Å². The van der Waals surface area contributed by atoms with E-state index in [0.717, 1.165) is 45.4 Å². The van der Waals surface area contributed by atoms with E-state index in [2.05, 4.69) is 51.3 Å². The van der Waals surface area contributed by atoms with E-state index in [1.165, 1.54) is 18.0 Å². The summed E-state index contributed by atoms with van der Waals surface area (Å²) in [5.41, 5.74) is 7.93. The summed E-state index contributed by atoms with van der Waals surface area (Å²) >= 11 is 6.09. The number of nitrogens with one attached hydrogen (secondary N) is 1. The number of anilines is 1. The summed E-state index contributed by atoms with van der Waals surface area (Å²) in [4.78, 5) is 15.2. The number of nitrogens with two attached hydrogens (primary N) is 1. The van der Waals surface area contributed by atoms with Gasteiger partial charge in [0.15, 0.2) is 0 Å². The topological polar surface area (TPSA) is 72.5 Å². The number of hydrogen-bond acceptors (Lipinski definition) is 4. The van der Waals surface area contributed by atoms with Crippen LogP contribution in [-0.2, 0) is 6.54 Å². The third-order valence-electron chi connectivity index (χ3n) is 6.38. The largest absolute Gasteiger partial charge is 0.496 e. The summed E-state index contributed by atoms with van der Waals surface area (Å²) in [6.45, 7) is 4.95. The molecule has 1 fully saturated rings. The Balaban J connectivity index is 1.20. The molecule has 0 bridgehead atoms. The van der Waals surface area contributed by atoms with E-state index in [1.54, 1.807) is 12.1 Å². The first-order chi connectivity index (χ1) is 15.5. The van der Waals surface area contributed by atoms with Gasteiger partial charge in [0.1, 0.15) is 5.75 Å². The van der Waals surface area contributed by atoms with E-state index in [4.69, 9.17) is 22.1 Å². The van der Waals surface area contributed by atoms with Gasteiger partial charge >= 0.3 is 0 Å². The molecule has 32 heavy (non-hydrogen) atoms. The molecule has 3 aromatic rings. The second-order valence-electron chi connectivity index (χ2n) is 8.49. The number of fused-ring (bicyclic) bond motifs is 1. The fraction of sp³-hybridized carbons (Fsp3) is 0.400. The molecule has 170 valence electrons. The summed E-state index contributed by atoms with van der Waals surface area (Å²) in [5.74, 6) is 0.749. The summed E-state index contributed by atoms with van der Waals surface area (Å²) in [6.07, 6.45) is 5.50. The quantitative estimate of drug-likeness (QED) is 0.494. The van der Waals surface area contributed by atoms with E-state index in [1.807, 2.05) is 0 Å². The number of benzene rings is 2. The molecule has 1 saturated heterocycles. The molecule has 0 unspecified atom stereocenters. The van der Waals surface area contributed by atoms with Crippen molar-refractivity contribution < 1.29 is 9.53 Å². The van der Waals surface area contributed by atoms with Gasteiger partial charge in [0.05, 0.1) is 23.4 Å². The van der Waals surface area contributed by atoms with Gasteiger partial charge in [0, 0.05) is 30.9 Å². The molecule has 6 nitrogen and oxygen atoms in total. The number of ether oxygens (including phenoxy) is 1. The van der Waals surface area contributed by atoms with E-state index in [0.29, 0.717) is 34.5 Å². The van der Waals surface area contributed by atoms with Crippen molar-refractivity contribution in [2.45, 2.75) is 25.8 Å². The lowest BCUT2D eigenvalue weighted by atomic mass is 9.96. The molecule has 2 aromatic carbocycles. The molecule has 0 saturated carbocycles. The van der Waals surface area contributed by atoms with Crippen molar-refractivity contribution in [3.05, 3.63) is 59.2 Å². The molecule has 4 rings (SSSR count). The highest BCUT2D eigenvalue weighted by Crippen LogP contribution is 2.29. The number of nitrogen functional groups attached to an aromatic ring is 1. The summed E-state index contributed by atoms with van der Waals surface area (Å²) in [7, 11) is 1.52. The van der Waals surface area contributed by atoms with Crippen molar-refractivity contribution in [2.24, 2.45) is 5.92 Å². The molecule has 0 spiro atoms. The average Bonchev–Trinajstić information content (AvgIpc) is 3.23. The van der Waals surface area contributed by atoms with Crippen LogP contribution >= 0.6 is 11.6 Å². The molecule has 1 aliphatic heterocycles. The van der Waals surface area contributed by atoms with Gasteiger partial charge in [-0.1, -0.05) is 29.8 Å². The van der Waals surface area contributed by atoms with E-state index in [-0.39, 0.29) is 5.91 Å². The van der Waals surface area contributed by atoms with Gasteiger partial charge in [0.2, 0.25) is 0 Å². The van der Waals surface area contributed by atoms with Crippen LogP contribution in [0.4, 0.5) is 5.69 Å². The maximum atomic E-state index is 12.6. The Morgan fingerprint density at radius 3 is 2.75 bits per heavy atom. The molecule has 0 atom stereocenters. The zero-order valence-corrected chi connectivity index (χ0v) is 19.3. The maximum absolute atomic E-state index is 12.6. The average molecular weight is 455 g/mol. The van der Waals surface area contributed by atoms with E-state index < -0.39 is 0 Å². The van der Waals surface area contributed by atoms with Gasteiger partial charge in [-0.25, -0.2) is 0 Å². The predicted octanol–water partition coefficient (Wildman–Crippen LogP) is 4.42. The first kappa shape index (κ1) is 22.5. The van der Waals surface area contributed by atoms with Crippen LogP contribution < -0.4 is 15.8 Å². The van der Waals surface area contributed by atoms with Crippen molar-refractivity contribution in [1.29, 1.82) is 0 Å². The molecule has 1 amide bonds. The lowest BCUT2D eigenvalue weighted by Gasteiger charge is -2.32. The lowest BCUT2D eigenvalue weighted by molar-refractivity contribution is 0.0933. The highest BCUT2D eigenvalue weighted by atomic mass is 35.5. The number of carbonyl (C=O) groups is 1. The predicted molar refractivity (Wildman–Crippen MR) is 130 cm³/mol. The van der Waals surface area contributed by atoms with Gasteiger partial charge in [0.25, 0.3) is 5.91 Å². The molecule has 1 aliphatic rings. The van der Waals surface area contributed by atoms with Crippen LogP contribution in [0.25, 0.3) is 10.9 Å². The van der Waals surface area contributed by atoms with Crippen LogP contribution in [0.3, 0.4) is 0 Å². The standard InChI is InChI=1S/C25H31ClN4O2/c1-32-24-16-22(27)21(26)15-20(24)25(31)28-17-18-7-12-29(13-8-18)10-4-11-30-14-9-19-5-2-3-6-23(19)30/h2-3,5-6,9,14-16,18H,4,7-8,10-13,17,27H2,1H3,(H,28,31). The van der Waals surface area contributed by atoms with E-state index in [9.17, 15) is 4.79 Å². The molecule has 0 radical (unpaired) electrons. The second kappa shape index (κ2) is 10.3. The third kappa shape index (κ3) is 5.19. The number of aromatic nitrogens is 1. The molecular weight excluding hydrogens is 424 g/mol. The number of rotatable bonds is 8. The van der Waals surface area contributed by atoms with Crippen molar-refractivity contribution >= 4 is 34.1 Å². The molecule has 2 heterocycles. The minimum Gasteiger partial charge on any atom is -0.496 e. The number of amides is 1. The van der Waals surface area contributed by atoms with E-state index >= 15 is 0 Å². The fourth-order valence-electron chi connectivity index (χ4n) is 4.46. The van der Waals surface area contributed by atoms with Crippen LogP contribution in [0.1, 0.15) is 29.6 Å². The summed E-state index contributed by atoms with van der Waals surface area (Å²) < 4.78 is 7.63. The second-order valence-corrected chi connectivity index (χ2v) is 8.90. The van der Waals surface area contributed by atoms with Crippen molar-refractivity contribution in [2.75, 3.05) is 39.0 Å². The molecule has 0 aliphatic carbocycles. The van der Waals surface area contributed by atoms with Gasteiger partial charge in [-0.05, 0) is 68.4 Å².